The van der Waals surface area contributed by atoms with Crippen molar-refractivity contribution in [2.24, 2.45) is 5.92 Å². The Balaban J connectivity index is 1.33. The first-order valence-corrected chi connectivity index (χ1v) is 7.91. The molecule has 0 bridgehead atoms. The molecule has 0 unspecified atom stereocenters. The molecule has 1 aliphatic carbocycles. The number of fused-ring (bicyclic) bond motifs is 1. The van der Waals surface area contributed by atoms with Gasteiger partial charge in [-0.2, -0.15) is 0 Å². The van der Waals surface area contributed by atoms with Crippen molar-refractivity contribution in [1.82, 2.24) is 10.2 Å². The Bertz CT molecular complexity index is 371. The van der Waals surface area contributed by atoms with Gasteiger partial charge in [-0.05, 0) is 36.4 Å². The average Bonchev–Trinajstić information content (AvgIpc) is 2.87. The minimum atomic E-state index is 0.949. The molecular weight excluding hydrogens is 232 g/mol. The molecule has 1 saturated carbocycles. The van der Waals surface area contributed by atoms with Crippen LogP contribution in [0.4, 0.5) is 0 Å². The number of hydrogen-bond acceptors (Lipinski definition) is 2. The van der Waals surface area contributed by atoms with E-state index in [2.05, 4.69) is 34.5 Å². The molecule has 0 saturated heterocycles. The molecule has 1 aliphatic heterocycles. The van der Waals surface area contributed by atoms with Crippen molar-refractivity contribution in [1.29, 1.82) is 0 Å². The van der Waals surface area contributed by atoms with Gasteiger partial charge in [0.2, 0.25) is 0 Å². The van der Waals surface area contributed by atoms with E-state index >= 15 is 0 Å². The highest BCUT2D eigenvalue weighted by Gasteiger charge is 2.17. The molecule has 1 heterocycles. The van der Waals surface area contributed by atoms with Gasteiger partial charge in [-0.25, -0.2) is 0 Å². The topological polar surface area (TPSA) is 15.3 Å². The van der Waals surface area contributed by atoms with E-state index in [0.717, 1.165) is 25.6 Å². The van der Waals surface area contributed by atoms with Crippen LogP contribution in [0.1, 0.15) is 43.2 Å². The second kappa shape index (κ2) is 6.53. The summed E-state index contributed by atoms with van der Waals surface area (Å²) in [5.74, 6) is 0.949. The normalized spacial score (nSPS) is 20.6. The third-order valence-corrected chi connectivity index (χ3v) is 4.67. The van der Waals surface area contributed by atoms with Crippen molar-refractivity contribution in [3.05, 3.63) is 35.4 Å². The quantitative estimate of drug-likeness (QED) is 0.816. The standard InChI is InChI=1S/C17H26N2/c1-2-6-15(7-3-1)12-18-10-11-19-13-16-8-4-5-9-17(16)14-19/h4-5,8-9,15,18H,1-3,6-7,10-14H2. The zero-order chi connectivity index (χ0) is 12.9. The van der Waals surface area contributed by atoms with E-state index in [0.29, 0.717) is 0 Å². The highest BCUT2D eigenvalue weighted by atomic mass is 15.2. The number of nitrogens with one attached hydrogen (secondary N) is 1. The van der Waals surface area contributed by atoms with E-state index in [1.165, 1.54) is 56.3 Å². The van der Waals surface area contributed by atoms with Gasteiger partial charge in [-0.15, -0.1) is 0 Å². The highest BCUT2D eigenvalue weighted by molar-refractivity contribution is 5.30. The van der Waals surface area contributed by atoms with Gasteiger partial charge < -0.3 is 5.32 Å². The van der Waals surface area contributed by atoms with Crippen LogP contribution >= 0.6 is 0 Å². The summed E-state index contributed by atoms with van der Waals surface area (Å²) in [6.07, 6.45) is 7.26. The first kappa shape index (κ1) is 13.1. The molecule has 0 atom stereocenters. The van der Waals surface area contributed by atoms with Gasteiger partial charge in [0.25, 0.3) is 0 Å². The van der Waals surface area contributed by atoms with Gasteiger partial charge >= 0.3 is 0 Å². The Kier molecular flexibility index (Phi) is 4.52. The second-order valence-corrected chi connectivity index (χ2v) is 6.19. The average molecular weight is 258 g/mol. The van der Waals surface area contributed by atoms with Crippen LogP contribution in [0.2, 0.25) is 0 Å². The SMILES string of the molecule is c1ccc2c(c1)CN(CCNCC1CCCCC1)C2. The summed E-state index contributed by atoms with van der Waals surface area (Å²) in [6.45, 7) is 5.84. The number of hydrogen-bond donors (Lipinski definition) is 1. The minimum Gasteiger partial charge on any atom is -0.315 e. The number of rotatable bonds is 5. The third kappa shape index (κ3) is 3.58. The van der Waals surface area contributed by atoms with E-state index in [1.807, 2.05) is 0 Å². The summed E-state index contributed by atoms with van der Waals surface area (Å²) in [5, 5.41) is 3.67. The molecule has 1 aromatic carbocycles. The first-order chi connectivity index (χ1) is 9.42. The summed E-state index contributed by atoms with van der Waals surface area (Å²) in [4.78, 5) is 2.55. The van der Waals surface area contributed by atoms with Gasteiger partial charge in [0, 0.05) is 26.2 Å². The van der Waals surface area contributed by atoms with Crippen molar-refractivity contribution in [3.63, 3.8) is 0 Å². The van der Waals surface area contributed by atoms with Crippen LogP contribution in [0, 0.1) is 5.92 Å². The maximum absolute atomic E-state index is 3.67. The predicted molar refractivity (Wildman–Crippen MR) is 80.0 cm³/mol. The van der Waals surface area contributed by atoms with Gasteiger partial charge in [0.1, 0.15) is 0 Å². The molecule has 1 aromatic rings. The van der Waals surface area contributed by atoms with Crippen molar-refractivity contribution >= 4 is 0 Å². The summed E-state index contributed by atoms with van der Waals surface area (Å²) in [5.41, 5.74) is 3.05. The molecule has 0 amide bonds. The van der Waals surface area contributed by atoms with Gasteiger partial charge in [0.05, 0.1) is 0 Å². The lowest BCUT2D eigenvalue weighted by atomic mass is 9.89. The molecule has 0 spiro atoms. The Morgan fingerprint density at radius 1 is 1.00 bits per heavy atom. The van der Waals surface area contributed by atoms with E-state index in [4.69, 9.17) is 0 Å². The number of nitrogens with zero attached hydrogens (tertiary/aromatic N) is 1. The predicted octanol–water partition coefficient (Wildman–Crippen LogP) is 3.17. The fourth-order valence-corrected chi connectivity index (χ4v) is 3.50. The lowest BCUT2D eigenvalue weighted by Gasteiger charge is -2.22. The maximum atomic E-state index is 3.67. The van der Waals surface area contributed by atoms with Gasteiger partial charge in [0.15, 0.2) is 0 Å². The van der Waals surface area contributed by atoms with Gasteiger partial charge in [-0.1, -0.05) is 43.5 Å². The van der Waals surface area contributed by atoms with Crippen LogP contribution in [0.25, 0.3) is 0 Å². The number of benzene rings is 1. The largest absolute Gasteiger partial charge is 0.315 e. The molecular formula is C17H26N2. The van der Waals surface area contributed by atoms with Gasteiger partial charge in [-0.3, -0.25) is 4.90 Å². The molecule has 2 nitrogen and oxygen atoms in total. The molecule has 104 valence electrons. The monoisotopic (exact) mass is 258 g/mol. The summed E-state index contributed by atoms with van der Waals surface area (Å²) in [7, 11) is 0. The lowest BCUT2D eigenvalue weighted by molar-refractivity contribution is 0.274. The zero-order valence-corrected chi connectivity index (χ0v) is 11.9. The molecule has 2 aliphatic rings. The molecule has 0 aromatic heterocycles. The lowest BCUT2D eigenvalue weighted by Crippen LogP contribution is -2.32. The zero-order valence-electron chi connectivity index (χ0n) is 11.9. The van der Waals surface area contributed by atoms with Crippen LogP contribution in [0.5, 0.6) is 0 Å². The molecule has 1 fully saturated rings. The van der Waals surface area contributed by atoms with Crippen LogP contribution in [-0.4, -0.2) is 24.5 Å². The van der Waals surface area contributed by atoms with E-state index in [-0.39, 0.29) is 0 Å². The van der Waals surface area contributed by atoms with E-state index in [1.54, 1.807) is 0 Å². The second-order valence-electron chi connectivity index (χ2n) is 6.19. The third-order valence-electron chi connectivity index (χ3n) is 4.67. The Labute approximate surface area is 117 Å². The fraction of sp³-hybridized carbons (Fsp3) is 0.647. The minimum absolute atomic E-state index is 0.949. The summed E-state index contributed by atoms with van der Waals surface area (Å²) in [6, 6.07) is 8.85. The summed E-state index contributed by atoms with van der Waals surface area (Å²) < 4.78 is 0. The molecule has 2 heteroatoms. The van der Waals surface area contributed by atoms with Crippen molar-refractivity contribution < 1.29 is 0 Å². The van der Waals surface area contributed by atoms with Crippen LogP contribution in [-0.2, 0) is 13.1 Å². The van der Waals surface area contributed by atoms with E-state index in [9.17, 15) is 0 Å². The summed E-state index contributed by atoms with van der Waals surface area (Å²) >= 11 is 0. The van der Waals surface area contributed by atoms with Crippen molar-refractivity contribution in [2.75, 3.05) is 19.6 Å². The Morgan fingerprint density at radius 3 is 2.37 bits per heavy atom. The van der Waals surface area contributed by atoms with Crippen molar-refractivity contribution in [3.8, 4) is 0 Å². The highest BCUT2D eigenvalue weighted by Crippen LogP contribution is 2.23. The van der Waals surface area contributed by atoms with Crippen molar-refractivity contribution in [2.45, 2.75) is 45.2 Å². The smallest absolute Gasteiger partial charge is 0.0241 e. The van der Waals surface area contributed by atoms with Crippen LogP contribution in [0.3, 0.4) is 0 Å². The fourth-order valence-electron chi connectivity index (χ4n) is 3.50. The first-order valence-electron chi connectivity index (χ1n) is 7.91. The Hall–Kier alpha value is -0.860. The van der Waals surface area contributed by atoms with Crippen LogP contribution in [0.15, 0.2) is 24.3 Å². The molecule has 0 radical (unpaired) electrons. The molecule has 3 rings (SSSR count). The molecule has 1 N–H and O–H groups in total. The maximum Gasteiger partial charge on any atom is 0.0241 e. The van der Waals surface area contributed by atoms with Crippen LogP contribution < -0.4 is 5.32 Å². The Morgan fingerprint density at radius 2 is 1.68 bits per heavy atom. The van der Waals surface area contributed by atoms with E-state index < -0.39 is 0 Å². The molecule has 19 heavy (non-hydrogen) atoms.